The topological polar surface area (TPSA) is 62.8 Å². The summed E-state index contributed by atoms with van der Waals surface area (Å²) in [6, 6.07) is 13.0. The average molecular weight is 438 g/mol. The van der Waals surface area contributed by atoms with Gasteiger partial charge in [0.25, 0.3) is 0 Å². The average Bonchev–Trinajstić information content (AvgIpc) is 2.74. The lowest BCUT2D eigenvalue weighted by Gasteiger charge is -2.33. The molecular weight excluding hydrogens is 413 g/mol. The molecule has 2 N–H and O–H groups in total. The Bertz CT molecular complexity index is 817. The van der Waals surface area contributed by atoms with Gasteiger partial charge in [-0.2, -0.15) is 0 Å². The number of benzene rings is 2. The second-order valence-corrected chi connectivity index (χ2v) is 7.70. The predicted molar refractivity (Wildman–Crippen MR) is 115 cm³/mol. The quantitative estimate of drug-likeness (QED) is 0.692. The summed E-state index contributed by atoms with van der Waals surface area (Å²) in [5, 5.41) is 6.85. The Hall–Kier alpha value is -1.99. The molecule has 3 rings (SSSR count). The zero-order valence-electron chi connectivity index (χ0n) is 16.3. The van der Waals surface area contributed by atoms with Gasteiger partial charge < -0.3 is 20.1 Å². The van der Waals surface area contributed by atoms with Crippen LogP contribution in [0.4, 0.5) is 4.79 Å². The summed E-state index contributed by atoms with van der Waals surface area (Å²) in [4.78, 5) is 14.4. The molecule has 0 aromatic heterocycles. The van der Waals surface area contributed by atoms with E-state index >= 15 is 0 Å². The molecule has 1 atom stereocenters. The maximum absolute atomic E-state index is 12.1. The van der Waals surface area contributed by atoms with E-state index in [-0.39, 0.29) is 12.1 Å². The number of ether oxygens (including phenoxy) is 2. The number of carbonyl (C=O) groups is 1. The number of methoxy groups -OCH3 is 1. The van der Waals surface area contributed by atoms with Crippen molar-refractivity contribution < 1.29 is 14.3 Å². The van der Waals surface area contributed by atoms with Crippen LogP contribution in [0, 0.1) is 0 Å². The molecule has 1 unspecified atom stereocenters. The molecule has 2 aromatic rings. The molecule has 1 fully saturated rings. The van der Waals surface area contributed by atoms with Crippen molar-refractivity contribution in [3.05, 3.63) is 63.6 Å². The third kappa shape index (κ3) is 6.78. The fraction of sp³-hybridized carbons (Fsp3) is 0.381. The van der Waals surface area contributed by atoms with E-state index in [9.17, 15) is 4.79 Å². The Labute approximate surface area is 181 Å². The Morgan fingerprint density at radius 3 is 2.62 bits per heavy atom. The number of amides is 2. The molecule has 156 valence electrons. The highest BCUT2D eigenvalue weighted by molar-refractivity contribution is 6.42. The van der Waals surface area contributed by atoms with Crippen LogP contribution < -0.4 is 15.4 Å². The van der Waals surface area contributed by atoms with Gasteiger partial charge in [-0.1, -0.05) is 41.4 Å². The van der Waals surface area contributed by atoms with Crippen LogP contribution in [0.1, 0.15) is 11.1 Å². The van der Waals surface area contributed by atoms with Crippen LogP contribution in [-0.4, -0.2) is 50.4 Å². The molecule has 1 aliphatic rings. The van der Waals surface area contributed by atoms with Crippen LogP contribution in [0.5, 0.6) is 5.75 Å². The number of nitrogens with one attached hydrogen (secondary N) is 2. The summed E-state index contributed by atoms with van der Waals surface area (Å²) in [5.74, 6) is 0.790. The molecule has 1 saturated heterocycles. The van der Waals surface area contributed by atoms with E-state index in [1.807, 2.05) is 42.5 Å². The summed E-state index contributed by atoms with van der Waals surface area (Å²) in [5.41, 5.74) is 2.10. The van der Waals surface area contributed by atoms with Gasteiger partial charge in [-0.15, -0.1) is 0 Å². The summed E-state index contributed by atoms with van der Waals surface area (Å²) in [7, 11) is 1.62. The van der Waals surface area contributed by atoms with E-state index < -0.39 is 0 Å². The molecule has 0 saturated carbocycles. The number of hydrogen-bond donors (Lipinski definition) is 2. The largest absolute Gasteiger partial charge is 0.497 e. The summed E-state index contributed by atoms with van der Waals surface area (Å²) in [6.45, 7) is 3.86. The van der Waals surface area contributed by atoms with E-state index in [2.05, 4.69) is 15.5 Å². The molecule has 0 bridgehead atoms. The standard InChI is InChI=1S/C21H25Cl2N3O3/c1-28-17-5-2-15(3-6-17)11-24-21(27)25-12-18-14-26(8-9-29-18)13-16-4-7-19(22)20(23)10-16/h2-7,10,18H,8-9,11-14H2,1H3,(H2,24,25,27). The smallest absolute Gasteiger partial charge is 0.315 e. The highest BCUT2D eigenvalue weighted by Crippen LogP contribution is 2.23. The maximum Gasteiger partial charge on any atom is 0.315 e. The first-order valence-corrected chi connectivity index (χ1v) is 10.2. The van der Waals surface area contributed by atoms with Gasteiger partial charge in [-0.05, 0) is 35.4 Å². The highest BCUT2D eigenvalue weighted by atomic mass is 35.5. The van der Waals surface area contributed by atoms with Crippen LogP contribution >= 0.6 is 23.2 Å². The number of rotatable bonds is 7. The third-order valence-corrected chi connectivity index (χ3v) is 5.45. The second-order valence-electron chi connectivity index (χ2n) is 6.89. The first kappa shape index (κ1) is 21.7. The molecule has 29 heavy (non-hydrogen) atoms. The van der Waals surface area contributed by atoms with Crippen molar-refractivity contribution in [1.82, 2.24) is 15.5 Å². The zero-order valence-corrected chi connectivity index (χ0v) is 17.8. The SMILES string of the molecule is COc1ccc(CNC(=O)NCC2CN(Cc3ccc(Cl)c(Cl)c3)CCO2)cc1. The number of carbonyl (C=O) groups excluding carboxylic acids is 1. The van der Waals surface area contributed by atoms with Crippen molar-refractivity contribution in [3.63, 3.8) is 0 Å². The second kappa shape index (κ2) is 10.7. The maximum atomic E-state index is 12.1. The first-order chi connectivity index (χ1) is 14.0. The van der Waals surface area contributed by atoms with Gasteiger partial charge in [0.05, 0.1) is 29.9 Å². The van der Waals surface area contributed by atoms with Crippen LogP contribution in [0.25, 0.3) is 0 Å². The molecule has 1 heterocycles. The zero-order chi connectivity index (χ0) is 20.6. The number of halogens is 2. The van der Waals surface area contributed by atoms with Crippen molar-refractivity contribution >= 4 is 29.2 Å². The van der Waals surface area contributed by atoms with E-state index in [1.165, 1.54) is 0 Å². The van der Waals surface area contributed by atoms with Gasteiger partial charge in [-0.25, -0.2) is 4.79 Å². The van der Waals surface area contributed by atoms with Crippen LogP contribution in [0.2, 0.25) is 10.0 Å². The van der Waals surface area contributed by atoms with Gasteiger partial charge in [0.1, 0.15) is 5.75 Å². The monoisotopic (exact) mass is 437 g/mol. The number of nitrogens with zero attached hydrogens (tertiary/aromatic N) is 1. The molecular formula is C21H25Cl2N3O3. The number of morpholine rings is 1. The fourth-order valence-corrected chi connectivity index (χ4v) is 3.46. The van der Waals surface area contributed by atoms with Crippen LogP contribution in [0.3, 0.4) is 0 Å². The fourth-order valence-electron chi connectivity index (χ4n) is 3.14. The summed E-state index contributed by atoms with van der Waals surface area (Å²) in [6.07, 6.45) is -0.0572. The van der Waals surface area contributed by atoms with Crippen molar-refractivity contribution in [2.75, 3.05) is 33.4 Å². The Balaban J connectivity index is 1.40. The molecule has 0 spiro atoms. The summed E-state index contributed by atoms with van der Waals surface area (Å²) >= 11 is 12.1. The Kier molecular flexibility index (Phi) is 8.00. The molecule has 6 nitrogen and oxygen atoms in total. The van der Waals surface area contributed by atoms with Crippen LogP contribution in [0.15, 0.2) is 42.5 Å². The highest BCUT2D eigenvalue weighted by Gasteiger charge is 2.21. The third-order valence-electron chi connectivity index (χ3n) is 4.72. The number of hydrogen-bond acceptors (Lipinski definition) is 4. The van der Waals surface area contributed by atoms with Gasteiger partial charge in [0.2, 0.25) is 0 Å². The van der Waals surface area contributed by atoms with E-state index in [0.29, 0.717) is 29.7 Å². The lowest BCUT2D eigenvalue weighted by molar-refractivity contribution is -0.0287. The van der Waals surface area contributed by atoms with Gasteiger partial charge in [0.15, 0.2) is 0 Å². The van der Waals surface area contributed by atoms with Crippen molar-refractivity contribution in [2.24, 2.45) is 0 Å². The number of urea groups is 1. The van der Waals surface area contributed by atoms with Gasteiger partial charge in [0, 0.05) is 32.7 Å². The molecule has 2 aromatic carbocycles. The minimum Gasteiger partial charge on any atom is -0.497 e. The first-order valence-electron chi connectivity index (χ1n) is 9.46. The predicted octanol–water partition coefficient (Wildman–Crippen LogP) is 3.70. The van der Waals surface area contributed by atoms with Crippen molar-refractivity contribution in [2.45, 2.75) is 19.2 Å². The van der Waals surface area contributed by atoms with Gasteiger partial charge in [-0.3, -0.25) is 4.90 Å². The van der Waals surface area contributed by atoms with Crippen LogP contribution in [-0.2, 0) is 17.8 Å². The molecule has 2 amide bonds. The minimum absolute atomic E-state index is 0.0572. The molecule has 1 aliphatic heterocycles. The molecule has 8 heteroatoms. The van der Waals surface area contributed by atoms with Crippen molar-refractivity contribution in [1.29, 1.82) is 0 Å². The van der Waals surface area contributed by atoms with E-state index in [4.69, 9.17) is 32.7 Å². The van der Waals surface area contributed by atoms with E-state index in [1.54, 1.807) is 7.11 Å². The Morgan fingerprint density at radius 2 is 1.90 bits per heavy atom. The molecule has 0 radical (unpaired) electrons. The van der Waals surface area contributed by atoms with E-state index in [0.717, 1.165) is 36.5 Å². The lowest BCUT2D eigenvalue weighted by atomic mass is 10.2. The molecule has 0 aliphatic carbocycles. The lowest BCUT2D eigenvalue weighted by Crippen LogP contribution is -2.48. The Morgan fingerprint density at radius 1 is 1.14 bits per heavy atom. The van der Waals surface area contributed by atoms with Crippen molar-refractivity contribution in [3.8, 4) is 5.75 Å². The minimum atomic E-state index is -0.217. The summed E-state index contributed by atoms with van der Waals surface area (Å²) < 4.78 is 10.9. The van der Waals surface area contributed by atoms with Gasteiger partial charge >= 0.3 is 6.03 Å². The normalized spacial score (nSPS) is 17.0.